The normalized spacial score (nSPS) is 10.3. The van der Waals surface area contributed by atoms with Crippen molar-refractivity contribution in [3.05, 3.63) is 24.3 Å². The molecule has 1 rings (SSSR count). The highest BCUT2D eigenvalue weighted by Gasteiger charge is 1.93. The number of benzene rings is 1. The van der Waals surface area contributed by atoms with Crippen LogP contribution in [0.5, 0.6) is 0 Å². The second-order valence-corrected chi connectivity index (χ2v) is 6.97. The van der Waals surface area contributed by atoms with Gasteiger partial charge in [0.25, 0.3) is 0 Å². The average molecular weight is 350 g/mol. The van der Waals surface area contributed by atoms with Crippen LogP contribution < -0.4 is 11.5 Å². The molecule has 0 aromatic heterocycles. The second kappa shape index (κ2) is 19.1. The third kappa shape index (κ3) is 19.0. The molecule has 0 heterocycles. The van der Waals surface area contributed by atoms with Gasteiger partial charge >= 0.3 is 0 Å². The largest absolute Gasteiger partial charge is 0.399 e. The Morgan fingerprint density at radius 3 is 1.28 bits per heavy atom. The van der Waals surface area contributed by atoms with Crippen LogP contribution in [0.15, 0.2) is 24.3 Å². The second-order valence-electron chi connectivity index (χ2n) is 6.97. The van der Waals surface area contributed by atoms with Crippen LogP contribution in [0.2, 0.25) is 0 Å². The van der Waals surface area contributed by atoms with E-state index in [4.69, 9.17) is 11.5 Å². The number of hydrogen-bond donors (Lipinski definition) is 2. The van der Waals surface area contributed by atoms with Crippen molar-refractivity contribution < 1.29 is 5.11 Å². The number of nitrogens with two attached hydrogens (primary N) is 2. The third-order valence-electron chi connectivity index (χ3n) is 4.41. The summed E-state index contributed by atoms with van der Waals surface area (Å²) in [4.78, 5) is 0. The molecule has 145 valence electrons. The van der Waals surface area contributed by atoms with E-state index in [2.05, 4.69) is 6.92 Å². The summed E-state index contributed by atoms with van der Waals surface area (Å²) in [6, 6.07) is 7.15. The van der Waals surface area contributed by atoms with Crippen molar-refractivity contribution >= 4 is 11.4 Å². The number of unbranched alkanes of at least 4 members (excludes halogenated alkanes) is 13. The van der Waals surface area contributed by atoms with E-state index in [1.165, 1.54) is 77.0 Å². The topological polar surface area (TPSA) is 71.9 Å². The summed E-state index contributed by atoms with van der Waals surface area (Å²) in [5.74, 6) is 0. The van der Waals surface area contributed by atoms with Crippen LogP contribution in [0.1, 0.15) is 96.8 Å². The highest BCUT2D eigenvalue weighted by Crippen LogP contribution is 2.12. The lowest BCUT2D eigenvalue weighted by Crippen LogP contribution is -1.87. The highest BCUT2D eigenvalue weighted by atomic mass is 16.2. The van der Waals surface area contributed by atoms with Gasteiger partial charge in [0.2, 0.25) is 0 Å². The molecule has 0 amide bonds. The first-order chi connectivity index (χ1) is 12.2. The Hall–Kier alpha value is -1.22. The number of rotatable bonds is 14. The summed E-state index contributed by atoms with van der Waals surface area (Å²) in [5.41, 5.74) is 12.2. The van der Waals surface area contributed by atoms with E-state index >= 15 is 0 Å². The fourth-order valence-electron chi connectivity index (χ4n) is 2.86. The van der Waals surface area contributed by atoms with E-state index in [9.17, 15) is 5.11 Å². The van der Waals surface area contributed by atoms with Gasteiger partial charge < -0.3 is 11.5 Å². The molecule has 4 N–H and O–H groups in total. The van der Waals surface area contributed by atoms with Crippen LogP contribution in [-0.2, 0) is 5.11 Å². The molecule has 0 saturated carbocycles. The zero-order valence-corrected chi connectivity index (χ0v) is 16.5. The molecule has 3 heteroatoms. The van der Waals surface area contributed by atoms with Gasteiger partial charge in [0.05, 0.1) is 6.61 Å². The number of anilines is 2. The highest BCUT2D eigenvalue weighted by molar-refractivity contribution is 5.50. The zero-order valence-electron chi connectivity index (χ0n) is 16.5. The molecule has 0 fully saturated rings. The molecular formula is C22H41N2O. The van der Waals surface area contributed by atoms with Crippen molar-refractivity contribution in [1.29, 1.82) is 0 Å². The summed E-state index contributed by atoms with van der Waals surface area (Å²) in [6.45, 7) is 2.40. The van der Waals surface area contributed by atoms with Gasteiger partial charge in [-0.25, -0.2) is 5.11 Å². The summed E-state index contributed by atoms with van der Waals surface area (Å²) in [7, 11) is 0. The van der Waals surface area contributed by atoms with Crippen molar-refractivity contribution in [2.45, 2.75) is 96.8 Å². The predicted octanol–water partition coefficient (Wildman–Crippen LogP) is 6.75. The van der Waals surface area contributed by atoms with Crippen molar-refractivity contribution in [2.75, 3.05) is 18.1 Å². The summed E-state index contributed by atoms with van der Waals surface area (Å²) in [6.07, 6.45) is 18.9. The lowest BCUT2D eigenvalue weighted by molar-refractivity contribution is 0.186. The molecule has 0 aliphatic carbocycles. The molecule has 0 spiro atoms. The minimum absolute atomic E-state index is 0.123. The predicted molar refractivity (Wildman–Crippen MR) is 111 cm³/mol. The molecule has 25 heavy (non-hydrogen) atoms. The van der Waals surface area contributed by atoms with Gasteiger partial charge in [-0.2, -0.15) is 0 Å². The number of nitrogen functional groups attached to an aromatic ring is 2. The zero-order chi connectivity index (χ0) is 18.6. The molecular weight excluding hydrogens is 308 g/mol. The van der Waals surface area contributed by atoms with Crippen LogP contribution in [0, 0.1) is 0 Å². The summed E-state index contributed by atoms with van der Waals surface area (Å²) >= 11 is 0. The van der Waals surface area contributed by atoms with Gasteiger partial charge in [-0.15, -0.1) is 0 Å². The molecule has 3 nitrogen and oxygen atoms in total. The van der Waals surface area contributed by atoms with Crippen LogP contribution in [0.3, 0.4) is 0 Å². The Kier molecular flexibility index (Phi) is 18.2. The Balaban J connectivity index is 0.000000593. The van der Waals surface area contributed by atoms with E-state index in [1.807, 2.05) is 6.07 Å². The van der Waals surface area contributed by atoms with Crippen LogP contribution in [-0.4, -0.2) is 6.61 Å². The fourth-order valence-corrected chi connectivity index (χ4v) is 2.86. The first kappa shape index (κ1) is 23.8. The van der Waals surface area contributed by atoms with Gasteiger partial charge in [-0.1, -0.05) is 96.5 Å². The van der Waals surface area contributed by atoms with Gasteiger partial charge in [0, 0.05) is 11.4 Å². The first-order valence-corrected chi connectivity index (χ1v) is 10.4. The van der Waals surface area contributed by atoms with Crippen LogP contribution in [0.25, 0.3) is 0 Å². The minimum Gasteiger partial charge on any atom is -0.399 e. The molecule has 1 radical (unpaired) electrons. The van der Waals surface area contributed by atoms with Gasteiger partial charge in [-0.05, 0) is 24.6 Å². The quantitative estimate of drug-likeness (QED) is 0.288. The third-order valence-corrected chi connectivity index (χ3v) is 4.41. The molecule has 1 aromatic rings. The van der Waals surface area contributed by atoms with E-state index in [0.29, 0.717) is 11.4 Å². The molecule has 0 aliphatic heterocycles. The fraction of sp³-hybridized carbons (Fsp3) is 0.727. The molecule has 0 aliphatic rings. The van der Waals surface area contributed by atoms with Crippen molar-refractivity contribution in [2.24, 2.45) is 0 Å². The lowest BCUT2D eigenvalue weighted by atomic mass is 10.0. The maximum absolute atomic E-state index is 10.2. The SMILES string of the molecule is CCCCCCCCCCCCCCCC[O].Nc1cccc(N)c1. The standard InChI is InChI=1S/C16H33O.C6H8N2/c1-2-3-4-5-6-7-8-9-10-11-12-13-14-15-16-17;7-5-2-1-3-6(8)4-5/h2-16H2,1H3;1-4H,7-8H2. The molecule has 0 bridgehead atoms. The summed E-state index contributed by atoms with van der Waals surface area (Å²) < 4.78 is 0. The van der Waals surface area contributed by atoms with E-state index < -0.39 is 0 Å². The smallest absolute Gasteiger partial charge is 0.0822 e. The lowest BCUT2D eigenvalue weighted by Gasteiger charge is -2.02. The summed E-state index contributed by atoms with van der Waals surface area (Å²) in [5, 5.41) is 10.2. The monoisotopic (exact) mass is 349 g/mol. The van der Waals surface area contributed by atoms with E-state index in [-0.39, 0.29) is 6.61 Å². The van der Waals surface area contributed by atoms with Crippen molar-refractivity contribution in [1.82, 2.24) is 0 Å². The van der Waals surface area contributed by atoms with Crippen molar-refractivity contribution in [3.8, 4) is 0 Å². The molecule has 1 aromatic carbocycles. The van der Waals surface area contributed by atoms with E-state index in [0.717, 1.165) is 12.8 Å². The Morgan fingerprint density at radius 2 is 1.00 bits per heavy atom. The van der Waals surface area contributed by atoms with Crippen LogP contribution in [0.4, 0.5) is 11.4 Å². The molecule has 0 saturated heterocycles. The Bertz CT molecular complexity index is 351. The Morgan fingerprint density at radius 1 is 0.640 bits per heavy atom. The molecule has 0 atom stereocenters. The molecule has 0 unspecified atom stereocenters. The van der Waals surface area contributed by atoms with Gasteiger partial charge in [0.15, 0.2) is 0 Å². The maximum Gasteiger partial charge on any atom is 0.0822 e. The van der Waals surface area contributed by atoms with Gasteiger partial charge in [-0.3, -0.25) is 0 Å². The Labute approximate surface area is 156 Å². The van der Waals surface area contributed by atoms with Crippen molar-refractivity contribution in [3.63, 3.8) is 0 Å². The van der Waals surface area contributed by atoms with Crippen LogP contribution >= 0.6 is 0 Å². The average Bonchev–Trinajstić information content (AvgIpc) is 2.59. The minimum atomic E-state index is 0.123. The van der Waals surface area contributed by atoms with Gasteiger partial charge in [0.1, 0.15) is 0 Å². The maximum atomic E-state index is 10.2. The van der Waals surface area contributed by atoms with E-state index in [1.54, 1.807) is 18.2 Å². The number of hydrogen-bond acceptors (Lipinski definition) is 2. The first-order valence-electron chi connectivity index (χ1n) is 10.4.